The highest BCUT2D eigenvalue weighted by Crippen LogP contribution is 2.33. The van der Waals surface area contributed by atoms with Gasteiger partial charge in [0.1, 0.15) is 23.9 Å². The Bertz CT molecular complexity index is 721. The molecule has 1 unspecified atom stereocenters. The number of thioether (sulfide) groups is 1. The summed E-state index contributed by atoms with van der Waals surface area (Å²) < 4.78 is 10.5. The lowest BCUT2D eigenvalue weighted by atomic mass is 10.2. The van der Waals surface area contributed by atoms with Crippen molar-refractivity contribution in [1.29, 1.82) is 0 Å². The van der Waals surface area contributed by atoms with Crippen LogP contribution in [0, 0.1) is 0 Å². The molecule has 0 aliphatic carbocycles. The lowest BCUT2D eigenvalue weighted by Gasteiger charge is -2.15. The van der Waals surface area contributed by atoms with Crippen LogP contribution >= 0.6 is 11.8 Å². The average Bonchev–Trinajstić information content (AvgIpc) is 2.59. The summed E-state index contributed by atoms with van der Waals surface area (Å²) in [5.74, 6) is 0.969. The van der Waals surface area contributed by atoms with Crippen LogP contribution in [0.1, 0.15) is 5.56 Å². The Labute approximate surface area is 131 Å². The van der Waals surface area contributed by atoms with E-state index >= 15 is 0 Å². The molecule has 1 aromatic carbocycles. The lowest BCUT2D eigenvalue weighted by Crippen LogP contribution is -2.23. The monoisotopic (exact) mass is 315 g/mol. The molecule has 22 heavy (non-hydrogen) atoms. The molecule has 1 atom stereocenters. The van der Waals surface area contributed by atoms with Crippen LogP contribution in [0.4, 0.5) is 5.82 Å². The molecule has 7 heteroatoms. The van der Waals surface area contributed by atoms with E-state index in [2.05, 4.69) is 15.0 Å². The molecule has 0 amide bonds. The molecule has 0 fully saturated rings. The predicted molar refractivity (Wildman–Crippen MR) is 82.6 cm³/mol. The summed E-state index contributed by atoms with van der Waals surface area (Å²) in [6.07, 6.45) is 4.62. The maximum absolute atomic E-state index is 12.1. The van der Waals surface area contributed by atoms with E-state index in [9.17, 15) is 4.79 Å². The minimum absolute atomic E-state index is 0.194. The molecule has 1 aliphatic rings. The van der Waals surface area contributed by atoms with Crippen LogP contribution in [0.15, 0.2) is 46.7 Å². The third-order valence-corrected chi connectivity index (χ3v) is 4.10. The number of aliphatic imine (C=N–C) groups is 1. The molecule has 1 aromatic heterocycles. The van der Waals surface area contributed by atoms with Crippen molar-refractivity contribution in [3.05, 3.63) is 42.4 Å². The van der Waals surface area contributed by atoms with E-state index in [4.69, 9.17) is 9.47 Å². The molecule has 112 valence electrons. The molecule has 2 heterocycles. The number of rotatable bonds is 4. The Balaban J connectivity index is 1.61. The number of methoxy groups -OCH3 is 1. The molecule has 1 aliphatic heterocycles. The van der Waals surface area contributed by atoms with Gasteiger partial charge in [0.25, 0.3) is 0 Å². The van der Waals surface area contributed by atoms with E-state index in [0.29, 0.717) is 5.82 Å². The molecular formula is C15H13N3O3S. The topological polar surface area (TPSA) is 73.7 Å². The summed E-state index contributed by atoms with van der Waals surface area (Å²) in [5.41, 5.74) is 0.870. The fourth-order valence-electron chi connectivity index (χ4n) is 1.90. The summed E-state index contributed by atoms with van der Waals surface area (Å²) in [5, 5.41) is -0.482. The maximum Gasteiger partial charge on any atom is 0.325 e. The SMILES string of the molecule is COc1cccc(COC(=O)C2C=Nc3ncncc3S2)c1. The van der Waals surface area contributed by atoms with Gasteiger partial charge in [-0.15, -0.1) is 0 Å². The summed E-state index contributed by atoms with van der Waals surface area (Å²) in [4.78, 5) is 25.0. The normalized spacial score (nSPS) is 16.0. The van der Waals surface area contributed by atoms with Gasteiger partial charge in [-0.3, -0.25) is 4.79 Å². The summed E-state index contributed by atoms with van der Waals surface area (Å²) in [7, 11) is 1.60. The van der Waals surface area contributed by atoms with Crippen molar-refractivity contribution in [2.75, 3.05) is 7.11 Å². The van der Waals surface area contributed by atoms with E-state index in [-0.39, 0.29) is 12.6 Å². The number of carbonyl (C=O) groups excluding carboxylic acids is 1. The van der Waals surface area contributed by atoms with E-state index in [1.807, 2.05) is 24.3 Å². The van der Waals surface area contributed by atoms with Crippen LogP contribution in [0.3, 0.4) is 0 Å². The van der Waals surface area contributed by atoms with Crippen molar-refractivity contribution >= 4 is 29.8 Å². The number of aromatic nitrogens is 2. The fraction of sp³-hybridized carbons (Fsp3) is 0.200. The summed E-state index contributed by atoms with van der Waals surface area (Å²) >= 11 is 1.33. The lowest BCUT2D eigenvalue weighted by molar-refractivity contribution is -0.142. The Morgan fingerprint density at radius 3 is 3.18 bits per heavy atom. The number of hydrogen-bond donors (Lipinski definition) is 0. The maximum atomic E-state index is 12.1. The highest BCUT2D eigenvalue weighted by atomic mass is 32.2. The van der Waals surface area contributed by atoms with Crippen LogP contribution in [0.5, 0.6) is 5.75 Å². The van der Waals surface area contributed by atoms with E-state index in [0.717, 1.165) is 16.2 Å². The number of carbonyl (C=O) groups is 1. The molecule has 6 nitrogen and oxygen atoms in total. The van der Waals surface area contributed by atoms with Gasteiger partial charge in [-0.1, -0.05) is 23.9 Å². The Morgan fingerprint density at radius 2 is 2.32 bits per heavy atom. The third kappa shape index (κ3) is 3.25. The van der Waals surface area contributed by atoms with Gasteiger partial charge in [-0.05, 0) is 17.7 Å². The molecular weight excluding hydrogens is 302 g/mol. The molecule has 0 saturated heterocycles. The molecule has 2 aromatic rings. The van der Waals surface area contributed by atoms with Crippen molar-refractivity contribution in [2.24, 2.45) is 4.99 Å². The number of hydrogen-bond acceptors (Lipinski definition) is 7. The zero-order valence-electron chi connectivity index (χ0n) is 11.8. The Kier molecular flexibility index (Phi) is 4.34. The Hall–Kier alpha value is -2.41. The van der Waals surface area contributed by atoms with Crippen LogP contribution in [0.25, 0.3) is 0 Å². The van der Waals surface area contributed by atoms with Crippen molar-refractivity contribution in [3.8, 4) is 5.75 Å². The van der Waals surface area contributed by atoms with Crippen LogP contribution in [-0.2, 0) is 16.1 Å². The van der Waals surface area contributed by atoms with Crippen LogP contribution in [-0.4, -0.2) is 34.5 Å². The van der Waals surface area contributed by atoms with Crippen LogP contribution in [0.2, 0.25) is 0 Å². The molecule has 0 spiro atoms. The predicted octanol–water partition coefficient (Wildman–Crippen LogP) is 2.41. The quantitative estimate of drug-likeness (QED) is 0.807. The first-order valence-corrected chi connectivity index (χ1v) is 7.44. The minimum Gasteiger partial charge on any atom is -0.497 e. The first kappa shape index (κ1) is 14.5. The van der Waals surface area contributed by atoms with Crippen molar-refractivity contribution in [3.63, 3.8) is 0 Å². The van der Waals surface area contributed by atoms with Gasteiger partial charge in [0, 0.05) is 12.4 Å². The first-order valence-electron chi connectivity index (χ1n) is 6.56. The largest absolute Gasteiger partial charge is 0.497 e. The number of fused-ring (bicyclic) bond motifs is 1. The standard InChI is InChI=1S/C15H13N3O3S/c1-20-11-4-2-3-10(5-11)8-21-15(19)13-7-17-14-12(22-13)6-16-9-18-14/h2-7,9,13H,8H2,1H3. The van der Waals surface area contributed by atoms with E-state index < -0.39 is 5.25 Å². The van der Waals surface area contributed by atoms with Gasteiger partial charge >= 0.3 is 5.97 Å². The zero-order chi connectivity index (χ0) is 15.4. The Morgan fingerprint density at radius 1 is 1.41 bits per heavy atom. The fourth-order valence-corrected chi connectivity index (χ4v) is 2.80. The van der Waals surface area contributed by atoms with Crippen molar-refractivity contribution in [1.82, 2.24) is 9.97 Å². The van der Waals surface area contributed by atoms with Crippen LogP contribution < -0.4 is 4.74 Å². The highest BCUT2D eigenvalue weighted by Gasteiger charge is 2.24. The second-order valence-electron chi connectivity index (χ2n) is 4.49. The summed E-state index contributed by atoms with van der Waals surface area (Å²) in [6, 6.07) is 7.40. The van der Waals surface area contributed by atoms with Gasteiger partial charge in [0.15, 0.2) is 5.82 Å². The van der Waals surface area contributed by atoms with Gasteiger partial charge < -0.3 is 9.47 Å². The molecule has 0 bridgehead atoms. The number of ether oxygens (including phenoxy) is 2. The molecule has 0 N–H and O–H groups in total. The summed E-state index contributed by atoms with van der Waals surface area (Å²) in [6.45, 7) is 0.194. The highest BCUT2D eigenvalue weighted by molar-refractivity contribution is 8.01. The van der Waals surface area contributed by atoms with E-state index in [1.54, 1.807) is 19.5 Å². The third-order valence-electron chi connectivity index (χ3n) is 2.99. The number of esters is 1. The van der Waals surface area contributed by atoms with Gasteiger partial charge in [-0.2, -0.15) is 0 Å². The molecule has 0 saturated carbocycles. The van der Waals surface area contributed by atoms with Crippen molar-refractivity contribution < 1.29 is 14.3 Å². The molecule has 0 radical (unpaired) electrons. The average molecular weight is 315 g/mol. The molecule has 3 rings (SSSR count). The van der Waals surface area contributed by atoms with Gasteiger partial charge in [0.2, 0.25) is 0 Å². The van der Waals surface area contributed by atoms with Gasteiger partial charge in [0.05, 0.1) is 12.0 Å². The smallest absolute Gasteiger partial charge is 0.325 e. The number of nitrogens with zero attached hydrogens (tertiary/aromatic N) is 3. The van der Waals surface area contributed by atoms with E-state index in [1.165, 1.54) is 18.1 Å². The van der Waals surface area contributed by atoms with Crippen molar-refractivity contribution in [2.45, 2.75) is 16.8 Å². The first-order chi connectivity index (χ1) is 10.8. The minimum atomic E-state index is -0.482. The van der Waals surface area contributed by atoms with Gasteiger partial charge in [-0.25, -0.2) is 15.0 Å². The second kappa shape index (κ2) is 6.57. The second-order valence-corrected chi connectivity index (χ2v) is 5.67. The zero-order valence-corrected chi connectivity index (χ0v) is 12.6. The number of benzene rings is 1.